The van der Waals surface area contributed by atoms with Crippen molar-refractivity contribution < 1.29 is 9.53 Å². The number of rotatable bonds is 4. The van der Waals surface area contributed by atoms with Gasteiger partial charge in [0.15, 0.2) is 0 Å². The molecule has 0 radical (unpaired) electrons. The summed E-state index contributed by atoms with van der Waals surface area (Å²) < 4.78 is 4.63. The first-order chi connectivity index (χ1) is 10.1. The van der Waals surface area contributed by atoms with Gasteiger partial charge in [-0.1, -0.05) is 54.1 Å². The topological polar surface area (TPSA) is 26.3 Å². The second-order valence-corrected chi connectivity index (χ2v) is 5.20. The molecule has 0 unspecified atom stereocenters. The standard InChI is InChI=1S/C19H20O2/c1-14(13-19(20)21-3)12-16-8-10-17(11-9-16)18-7-5-4-6-15(18)2/h4-11,13H,12H2,1-3H3/b14-13+. The number of hydrogen-bond donors (Lipinski definition) is 0. The van der Waals surface area contributed by atoms with Crippen molar-refractivity contribution in [1.82, 2.24) is 0 Å². The Labute approximate surface area is 126 Å². The lowest BCUT2D eigenvalue weighted by atomic mass is 9.98. The lowest BCUT2D eigenvalue weighted by Crippen LogP contribution is -1.97. The Morgan fingerprint density at radius 3 is 2.38 bits per heavy atom. The molecule has 21 heavy (non-hydrogen) atoms. The summed E-state index contributed by atoms with van der Waals surface area (Å²) in [7, 11) is 1.39. The molecular weight excluding hydrogens is 260 g/mol. The number of ether oxygens (including phenoxy) is 1. The van der Waals surface area contributed by atoms with Gasteiger partial charge in [0, 0.05) is 6.08 Å². The van der Waals surface area contributed by atoms with Crippen molar-refractivity contribution >= 4 is 5.97 Å². The number of esters is 1. The van der Waals surface area contributed by atoms with Crippen molar-refractivity contribution in [2.45, 2.75) is 20.3 Å². The van der Waals surface area contributed by atoms with Gasteiger partial charge in [-0.2, -0.15) is 0 Å². The summed E-state index contributed by atoms with van der Waals surface area (Å²) >= 11 is 0. The van der Waals surface area contributed by atoms with Gasteiger partial charge in [0.05, 0.1) is 7.11 Å². The summed E-state index contributed by atoms with van der Waals surface area (Å²) in [5.41, 5.74) is 5.92. The van der Waals surface area contributed by atoms with Gasteiger partial charge in [0.25, 0.3) is 0 Å². The van der Waals surface area contributed by atoms with E-state index in [1.807, 2.05) is 13.0 Å². The molecule has 0 bridgehead atoms. The van der Waals surface area contributed by atoms with E-state index in [4.69, 9.17) is 0 Å². The monoisotopic (exact) mass is 280 g/mol. The zero-order valence-corrected chi connectivity index (χ0v) is 12.7. The SMILES string of the molecule is COC(=O)/C=C(\C)Cc1ccc(-c2ccccc2C)cc1. The predicted octanol–water partition coefficient (Wildman–Crippen LogP) is 4.32. The van der Waals surface area contributed by atoms with Crippen LogP contribution in [0.3, 0.4) is 0 Å². The molecule has 0 heterocycles. The third-order valence-electron chi connectivity index (χ3n) is 3.46. The van der Waals surface area contributed by atoms with Crippen LogP contribution in [0, 0.1) is 6.92 Å². The van der Waals surface area contributed by atoms with Crippen LogP contribution in [0.15, 0.2) is 60.2 Å². The first-order valence-corrected chi connectivity index (χ1v) is 7.00. The van der Waals surface area contributed by atoms with Crippen LogP contribution in [0.2, 0.25) is 0 Å². The van der Waals surface area contributed by atoms with Crippen molar-refractivity contribution in [3.05, 3.63) is 71.3 Å². The highest BCUT2D eigenvalue weighted by molar-refractivity contribution is 5.82. The van der Waals surface area contributed by atoms with Crippen molar-refractivity contribution in [3.63, 3.8) is 0 Å². The molecule has 0 atom stereocenters. The van der Waals surface area contributed by atoms with Gasteiger partial charge in [0.1, 0.15) is 0 Å². The molecule has 2 heteroatoms. The minimum Gasteiger partial charge on any atom is -0.466 e. The third kappa shape index (κ3) is 4.06. The van der Waals surface area contributed by atoms with E-state index in [1.54, 1.807) is 0 Å². The fourth-order valence-electron chi connectivity index (χ4n) is 2.33. The van der Waals surface area contributed by atoms with Gasteiger partial charge in [-0.05, 0) is 42.5 Å². The maximum atomic E-state index is 11.2. The van der Waals surface area contributed by atoms with E-state index >= 15 is 0 Å². The van der Waals surface area contributed by atoms with Gasteiger partial charge in [-0.3, -0.25) is 0 Å². The number of benzene rings is 2. The Morgan fingerprint density at radius 1 is 1.10 bits per heavy atom. The molecular formula is C19H20O2. The number of methoxy groups -OCH3 is 1. The lowest BCUT2D eigenvalue weighted by molar-refractivity contribution is -0.134. The Hall–Kier alpha value is -2.35. The quantitative estimate of drug-likeness (QED) is 0.615. The molecule has 0 fully saturated rings. The highest BCUT2D eigenvalue weighted by atomic mass is 16.5. The Kier molecular flexibility index (Phi) is 4.94. The maximum absolute atomic E-state index is 11.2. The van der Waals surface area contributed by atoms with Gasteiger partial charge in [-0.25, -0.2) is 4.79 Å². The largest absolute Gasteiger partial charge is 0.466 e. The molecule has 0 saturated carbocycles. The second-order valence-electron chi connectivity index (χ2n) is 5.20. The second kappa shape index (κ2) is 6.89. The van der Waals surface area contributed by atoms with Gasteiger partial charge in [-0.15, -0.1) is 0 Å². The summed E-state index contributed by atoms with van der Waals surface area (Å²) in [6.07, 6.45) is 2.29. The minimum atomic E-state index is -0.302. The van der Waals surface area contributed by atoms with Gasteiger partial charge < -0.3 is 4.74 Å². The maximum Gasteiger partial charge on any atom is 0.330 e. The van der Waals surface area contributed by atoms with E-state index in [0.717, 1.165) is 12.0 Å². The number of hydrogen-bond acceptors (Lipinski definition) is 2. The summed E-state index contributed by atoms with van der Waals surface area (Å²) in [4.78, 5) is 11.2. The molecule has 2 aromatic carbocycles. The van der Waals surface area contributed by atoms with Gasteiger partial charge in [0.2, 0.25) is 0 Å². The molecule has 2 aromatic rings. The fraction of sp³-hybridized carbons (Fsp3) is 0.211. The van der Waals surface area contributed by atoms with E-state index in [1.165, 1.54) is 35.4 Å². The van der Waals surface area contributed by atoms with E-state index in [2.05, 4.69) is 54.1 Å². The van der Waals surface area contributed by atoms with Crippen LogP contribution >= 0.6 is 0 Å². The normalized spacial score (nSPS) is 11.3. The molecule has 0 aliphatic carbocycles. The third-order valence-corrected chi connectivity index (χ3v) is 3.46. The van der Waals surface area contributed by atoms with Crippen molar-refractivity contribution in [1.29, 1.82) is 0 Å². The molecule has 2 nitrogen and oxygen atoms in total. The molecule has 0 saturated heterocycles. The molecule has 0 N–H and O–H groups in total. The van der Waals surface area contributed by atoms with Crippen LogP contribution in [0.5, 0.6) is 0 Å². The summed E-state index contributed by atoms with van der Waals surface area (Å²) in [5, 5.41) is 0. The smallest absolute Gasteiger partial charge is 0.330 e. The highest BCUT2D eigenvalue weighted by Gasteiger charge is 2.02. The highest BCUT2D eigenvalue weighted by Crippen LogP contribution is 2.23. The molecule has 0 spiro atoms. The first-order valence-electron chi connectivity index (χ1n) is 7.00. The number of carbonyl (C=O) groups is 1. The van der Waals surface area contributed by atoms with E-state index < -0.39 is 0 Å². The van der Waals surface area contributed by atoms with Gasteiger partial charge >= 0.3 is 5.97 Å². The van der Waals surface area contributed by atoms with Crippen molar-refractivity contribution in [2.24, 2.45) is 0 Å². The van der Waals surface area contributed by atoms with Crippen molar-refractivity contribution in [2.75, 3.05) is 7.11 Å². The van der Waals surface area contributed by atoms with Crippen LogP contribution in [-0.2, 0) is 16.0 Å². The molecule has 108 valence electrons. The molecule has 0 amide bonds. The Bertz CT molecular complexity index is 652. The number of aryl methyl sites for hydroxylation is 1. The van der Waals surface area contributed by atoms with Crippen LogP contribution in [0.25, 0.3) is 11.1 Å². The fourth-order valence-corrected chi connectivity index (χ4v) is 2.33. The predicted molar refractivity (Wildman–Crippen MR) is 86.1 cm³/mol. The first kappa shape index (κ1) is 15.0. The average Bonchev–Trinajstić information content (AvgIpc) is 2.48. The Morgan fingerprint density at radius 2 is 1.76 bits per heavy atom. The molecule has 0 aromatic heterocycles. The van der Waals surface area contributed by atoms with E-state index in [-0.39, 0.29) is 5.97 Å². The van der Waals surface area contributed by atoms with Crippen LogP contribution in [0.4, 0.5) is 0 Å². The van der Waals surface area contributed by atoms with Crippen LogP contribution < -0.4 is 0 Å². The molecule has 0 aliphatic heterocycles. The zero-order valence-electron chi connectivity index (χ0n) is 12.7. The lowest BCUT2D eigenvalue weighted by Gasteiger charge is -2.07. The Balaban J connectivity index is 2.15. The average molecular weight is 280 g/mol. The molecule has 0 aliphatic rings. The summed E-state index contributed by atoms with van der Waals surface area (Å²) in [6, 6.07) is 16.8. The van der Waals surface area contributed by atoms with Crippen LogP contribution in [0.1, 0.15) is 18.1 Å². The van der Waals surface area contributed by atoms with Crippen LogP contribution in [-0.4, -0.2) is 13.1 Å². The van der Waals surface area contributed by atoms with Crippen molar-refractivity contribution in [3.8, 4) is 11.1 Å². The number of carbonyl (C=O) groups excluding carboxylic acids is 1. The zero-order chi connectivity index (χ0) is 15.2. The van der Waals surface area contributed by atoms with E-state index in [9.17, 15) is 4.79 Å². The minimum absolute atomic E-state index is 0.302. The summed E-state index contributed by atoms with van der Waals surface area (Å²) in [6.45, 7) is 4.05. The molecule has 2 rings (SSSR count). The van der Waals surface area contributed by atoms with E-state index in [0.29, 0.717) is 0 Å². The summed E-state index contributed by atoms with van der Waals surface area (Å²) in [5.74, 6) is -0.302. The number of allylic oxidation sites excluding steroid dienone is 1.